The fraction of sp³-hybridized carbons (Fsp3) is 0.158. The number of nitrogen functional groups attached to an aromatic ring is 1. The monoisotopic (exact) mass is 334 g/mol. The van der Waals surface area contributed by atoms with E-state index in [-0.39, 0.29) is 5.69 Å². The number of hydrogen-bond donors (Lipinski definition) is 2. The molecule has 25 heavy (non-hydrogen) atoms. The average molecular weight is 334 g/mol. The van der Waals surface area contributed by atoms with Gasteiger partial charge in [0.2, 0.25) is 0 Å². The second-order valence-electron chi connectivity index (χ2n) is 6.16. The Morgan fingerprint density at radius 2 is 1.96 bits per heavy atom. The Morgan fingerprint density at radius 1 is 1.20 bits per heavy atom. The number of aromatic nitrogens is 3. The second kappa shape index (κ2) is 5.66. The van der Waals surface area contributed by atoms with E-state index in [2.05, 4.69) is 10.1 Å². The van der Waals surface area contributed by atoms with Crippen LogP contribution in [0.5, 0.6) is 0 Å². The van der Waals surface area contributed by atoms with Gasteiger partial charge in [-0.2, -0.15) is 0 Å². The molecule has 0 spiro atoms. The summed E-state index contributed by atoms with van der Waals surface area (Å²) in [5, 5.41) is 4.01. The molecule has 0 saturated heterocycles. The number of nitrogens with one attached hydrogen (secondary N) is 1. The smallest absolute Gasteiger partial charge is 0.326 e. The molecule has 0 atom stereocenters. The van der Waals surface area contributed by atoms with Gasteiger partial charge in [-0.25, -0.2) is 4.79 Å². The minimum absolute atomic E-state index is 0.179. The van der Waals surface area contributed by atoms with Crippen molar-refractivity contribution < 1.29 is 4.52 Å². The summed E-state index contributed by atoms with van der Waals surface area (Å²) in [5.74, 6) is 0.726. The Balaban J connectivity index is 1.93. The van der Waals surface area contributed by atoms with Crippen LogP contribution in [-0.2, 0) is 6.54 Å². The molecule has 0 radical (unpaired) electrons. The normalized spacial score (nSPS) is 11.3. The van der Waals surface area contributed by atoms with E-state index in [1.54, 1.807) is 4.57 Å². The highest BCUT2D eigenvalue weighted by atomic mass is 16.5. The van der Waals surface area contributed by atoms with Gasteiger partial charge >= 0.3 is 5.69 Å². The minimum Gasteiger partial charge on any atom is -0.397 e. The zero-order valence-electron chi connectivity index (χ0n) is 14.0. The Kier molecular flexibility index (Phi) is 3.46. The highest BCUT2D eigenvalue weighted by molar-refractivity contribution is 5.92. The molecule has 0 aliphatic heterocycles. The summed E-state index contributed by atoms with van der Waals surface area (Å²) in [5.41, 5.74) is 11.6. The summed E-state index contributed by atoms with van der Waals surface area (Å²) in [6, 6.07) is 13.7. The standard InChI is InChI=1S/C19H18N4O2/c1-11-17(12(2)25-22-11)14-8-15(20)18-16(9-14)23(19(24)21-18)10-13-6-4-3-5-7-13/h3-9H,10,20H2,1-2H3,(H,21,24). The molecule has 4 aromatic rings. The lowest BCUT2D eigenvalue weighted by molar-refractivity contribution is 0.393. The van der Waals surface area contributed by atoms with Crippen molar-refractivity contribution in [3.63, 3.8) is 0 Å². The van der Waals surface area contributed by atoms with Crippen molar-refractivity contribution in [2.45, 2.75) is 20.4 Å². The van der Waals surface area contributed by atoms with Crippen LogP contribution in [0.15, 0.2) is 51.8 Å². The maximum atomic E-state index is 12.4. The molecule has 0 unspecified atom stereocenters. The summed E-state index contributed by atoms with van der Waals surface area (Å²) in [6.45, 7) is 4.23. The first-order valence-electron chi connectivity index (χ1n) is 8.04. The van der Waals surface area contributed by atoms with E-state index < -0.39 is 0 Å². The fourth-order valence-electron chi connectivity index (χ4n) is 3.24. The summed E-state index contributed by atoms with van der Waals surface area (Å²) >= 11 is 0. The van der Waals surface area contributed by atoms with E-state index in [1.165, 1.54) is 0 Å². The lowest BCUT2D eigenvalue weighted by Gasteiger charge is -2.07. The number of benzene rings is 2. The van der Waals surface area contributed by atoms with E-state index in [9.17, 15) is 4.79 Å². The first-order chi connectivity index (χ1) is 12.0. The molecule has 2 aromatic heterocycles. The molecule has 2 heterocycles. The van der Waals surface area contributed by atoms with Gasteiger partial charge in [-0.05, 0) is 37.1 Å². The molecule has 6 heteroatoms. The number of H-pyrrole nitrogens is 1. The Bertz CT molecular complexity index is 1100. The molecule has 3 N–H and O–H groups in total. The maximum Gasteiger partial charge on any atom is 0.326 e. The first kappa shape index (κ1) is 15.3. The van der Waals surface area contributed by atoms with Crippen LogP contribution in [0.4, 0.5) is 5.69 Å². The first-order valence-corrected chi connectivity index (χ1v) is 8.04. The predicted octanol–water partition coefficient (Wildman–Crippen LogP) is 3.23. The number of aromatic amines is 1. The number of fused-ring (bicyclic) bond motifs is 1. The Hall–Kier alpha value is -3.28. The summed E-state index contributed by atoms with van der Waals surface area (Å²) in [7, 11) is 0. The zero-order valence-corrected chi connectivity index (χ0v) is 14.0. The largest absolute Gasteiger partial charge is 0.397 e. The minimum atomic E-state index is -0.179. The molecular weight excluding hydrogens is 316 g/mol. The average Bonchev–Trinajstić information content (AvgIpc) is 3.09. The third-order valence-corrected chi connectivity index (χ3v) is 4.42. The molecule has 2 aromatic carbocycles. The number of imidazole rings is 1. The number of anilines is 1. The van der Waals surface area contributed by atoms with Gasteiger partial charge < -0.3 is 15.2 Å². The number of rotatable bonds is 3. The van der Waals surface area contributed by atoms with E-state index >= 15 is 0 Å². The van der Waals surface area contributed by atoms with Gasteiger partial charge in [0.15, 0.2) is 0 Å². The number of nitrogens with two attached hydrogens (primary N) is 1. The summed E-state index contributed by atoms with van der Waals surface area (Å²) in [4.78, 5) is 15.3. The highest BCUT2D eigenvalue weighted by Crippen LogP contribution is 2.32. The molecule has 6 nitrogen and oxygen atoms in total. The van der Waals surface area contributed by atoms with E-state index in [0.717, 1.165) is 33.7 Å². The van der Waals surface area contributed by atoms with Crippen LogP contribution < -0.4 is 11.4 Å². The molecule has 0 amide bonds. The van der Waals surface area contributed by atoms with Crippen LogP contribution in [0, 0.1) is 13.8 Å². The predicted molar refractivity (Wildman–Crippen MR) is 97.5 cm³/mol. The molecule has 4 rings (SSSR count). The van der Waals surface area contributed by atoms with Crippen LogP contribution in [0.2, 0.25) is 0 Å². The van der Waals surface area contributed by atoms with Crippen LogP contribution in [-0.4, -0.2) is 14.7 Å². The molecule has 0 saturated carbocycles. The van der Waals surface area contributed by atoms with Gasteiger partial charge in [-0.3, -0.25) is 4.57 Å². The van der Waals surface area contributed by atoms with Crippen LogP contribution >= 0.6 is 0 Å². The number of hydrogen-bond acceptors (Lipinski definition) is 4. The molecule has 126 valence electrons. The SMILES string of the molecule is Cc1noc(C)c1-c1cc(N)c2[nH]c(=O)n(Cc3ccccc3)c2c1. The van der Waals surface area contributed by atoms with Crippen molar-refractivity contribution in [2.75, 3.05) is 5.73 Å². The van der Waals surface area contributed by atoms with Gasteiger partial charge in [0.1, 0.15) is 5.76 Å². The molecule has 0 bridgehead atoms. The Morgan fingerprint density at radius 3 is 2.64 bits per heavy atom. The van der Waals surface area contributed by atoms with E-state index in [4.69, 9.17) is 10.3 Å². The zero-order chi connectivity index (χ0) is 17.6. The van der Waals surface area contributed by atoms with Crippen LogP contribution in [0.3, 0.4) is 0 Å². The van der Waals surface area contributed by atoms with Gasteiger partial charge in [0.05, 0.1) is 29.0 Å². The van der Waals surface area contributed by atoms with E-state index in [1.807, 2.05) is 56.3 Å². The third-order valence-electron chi connectivity index (χ3n) is 4.42. The van der Waals surface area contributed by atoms with Gasteiger partial charge in [-0.1, -0.05) is 35.5 Å². The second-order valence-corrected chi connectivity index (χ2v) is 6.16. The highest BCUT2D eigenvalue weighted by Gasteiger charge is 2.16. The summed E-state index contributed by atoms with van der Waals surface area (Å²) in [6.07, 6.45) is 0. The van der Waals surface area contributed by atoms with Gasteiger partial charge in [-0.15, -0.1) is 0 Å². The maximum absolute atomic E-state index is 12.4. The van der Waals surface area contributed by atoms with Crippen LogP contribution in [0.1, 0.15) is 17.0 Å². The van der Waals surface area contributed by atoms with Crippen molar-refractivity contribution in [3.05, 3.63) is 70.0 Å². The van der Waals surface area contributed by atoms with Crippen molar-refractivity contribution in [2.24, 2.45) is 0 Å². The van der Waals surface area contributed by atoms with Crippen molar-refractivity contribution in [1.29, 1.82) is 0 Å². The molecule has 0 aliphatic rings. The van der Waals surface area contributed by atoms with Crippen molar-refractivity contribution in [1.82, 2.24) is 14.7 Å². The Labute approximate surface area is 143 Å². The van der Waals surface area contributed by atoms with Gasteiger partial charge in [0.25, 0.3) is 0 Å². The lowest BCUT2D eigenvalue weighted by Crippen LogP contribution is -2.17. The van der Waals surface area contributed by atoms with Crippen LogP contribution in [0.25, 0.3) is 22.2 Å². The quantitative estimate of drug-likeness (QED) is 0.563. The molecular formula is C19H18N4O2. The molecule has 0 fully saturated rings. The molecule has 0 aliphatic carbocycles. The lowest BCUT2D eigenvalue weighted by atomic mass is 10.0. The van der Waals surface area contributed by atoms with E-state index in [0.29, 0.717) is 17.7 Å². The van der Waals surface area contributed by atoms with Crippen molar-refractivity contribution in [3.8, 4) is 11.1 Å². The third kappa shape index (κ3) is 2.52. The summed E-state index contributed by atoms with van der Waals surface area (Å²) < 4.78 is 6.96. The van der Waals surface area contributed by atoms with Crippen molar-refractivity contribution >= 4 is 16.7 Å². The fourth-order valence-corrected chi connectivity index (χ4v) is 3.24. The number of aryl methyl sites for hydroxylation is 2. The number of nitrogens with zero attached hydrogens (tertiary/aromatic N) is 2. The van der Waals surface area contributed by atoms with Gasteiger partial charge in [0, 0.05) is 5.56 Å². The topological polar surface area (TPSA) is 89.8 Å².